The maximum atomic E-state index is 6.07. The molecular weight excluding hydrogens is 373 g/mol. The molecule has 0 bridgehead atoms. The van der Waals surface area contributed by atoms with Crippen molar-refractivity contribution >= 4 is 28.9 Å². The van der Waals surface area contributed by atoms with Crippen molar-refractivity contribution in [3.63, 3.8) is 0 Å². The zero-order valence-electron chi connectivity index (χ0n) is 16.3. The molecule has 1 aromatic rings. The maximum absolute atomic E-state index is 6.07. The number of oxime groups is 1. The van der Waals surface area contributed by atoms with Crippen LogP contribution >= 0.6 is 23.2 Å². The normalized spacial score (nSPS) is 10.3. The van der Waals surface area contributed by atoms with Crippen LogP contribution in [0.25, 0.3) is 0 Å². The van der Waals surface area contributed by atoms with Crippen LogP contribution in [-0.2, 0) is 24.1 Å². The number of aryl methyl sites for hydroxylation is 1. The zero-order valence-corrected chi connectivity index (χ0v) is 17.8. The van der Waals surface area contributed by atoms with Crippen LogP contribution in [0.4, 0.5) is 0 Å². The highest BCUT2D eigenvalue weighted by atomic mass is 35.5. The highest BCUT2D eigenvalue weighted by molar-refractivity contribution is 6.55. The van der Waals surface area contributed by atoms with Gasteiger partial charge in [0.05, 0.1) is 5.71 Å². The minimum atomic E-state index is 0.208. The third kappa shape index (κ3) is 7.08. The number of rotatable bonds is 11. The molecule has 0 aliphatic carbocycles. The third-order valence-electron chi connectivity index (χ3n) is 3.77. The van der Waals surface area contributed by atoms with Crippen LogP contribution in [0.15, 0.2) is 21.8 Å². The molecule has 0 radical (unpaired) electrons. The molecule has 0 aliphatic heterocycles. The van der Waals surface area contributed by atoms with E-state index in [1.165, 1.54) is 5.56 Å². The monoisotopic (exact) mass is 401 g/mol. The topological polar surface area (TPSA) is 40.0 Å². The van der Waals surface area contributed by atoms with Gasteiger partial charge in [-0.25, -0.2) is 0 Å². The lowest BCUT2D eigenvalue weighted by Gasteiger charge is -2.21. The maximum Gasteiger partial charge on any atom is 0.151 e. The summed E-state index contributed by atoms with van der Waals surface area (Å²) in [4.78, 5) is 5.23. The van der Waals surface area contributed by atoms with Crippen molar-refractivity contribution in [2.24, 2.45) is 5.16 Å². The smallest absolute Gasteiger partial charge is 0.151 e. The van der Waals surface area contributed by atoms with E-state index in [2.05, 4.69) is 32.0 Å². The molecule has 1 rings (SSSR count). The molecule has 0 fully saturated rings. The van der Waals surface area contributed by atoms with Crippen LogP contribution in [0.1, 0.15) is 51.3 Å². The van der Waals surface area contributed by atoms with Gasteiger partial charge < -0.3 is 14.3 Å². The van der Waals surface area contributed by atoms with Gasteiger partial charge in [0.25, 0.3) is 0 Å². The molecule has 0 heterocycles. The molecular formula is C20H29Cl2NO3. The summed E-state index contributed by atoms with van der Waals surface area (Å²) in [6.07, 6.45) is 4.20. The van der Waals surface area contributed by atoms with Gasteiger partial charge in [-0.2, -0.15) is 0 Å². The number of nitrogens with zero attached hydrogens (tertiary/aromatic N) is 1. The van der Waals surface area contributed by atoms with Crippen LogP contribution in [0.2, 0.25) is 0 Å². The molecule has 0 aromatic heterocycles. The first-order valence-corrected chi connectivity index (χ1v) is 9.77. The standard InChI is InChI=1S/C20H29Cl2NO3/c1-6-15-13-18(24-10-9-19(21)22)16(7-2)17(8-3)20(15)25-11-12-26-23-14(4)5/h9,13H,6-8,10-12H2,1-5H3. The summed E-state index contributed by atoms with van der Waals surface area (Å²) in [7, 11) is 0. The van der Waals surface area contributed by atoms with E-state index < -0.39 is 0 Å². The quantitative estimate of drug-likeness (QED) is 0.264. The zero-order chi connectivity index (χ0) is 19.5. The van der Waals surface area contributed by atoms with Crippen molar-refractivity contribution in [1.29, 1.82) is 0 Å². The summed E-state index contributed by atoms with van der Waals surface area (Å²) in [5.41, 5.74) is 4.33. The minimum Gasteiger partial charge on any atom is -0.489 e. The van der Waals surface area contributed by atoms with Gasteiger partial charge in [0, 0.05) is 11.1 Å². The van der Waals surface area contributed by atoms with Crippen LogP contribution in [0.3, 0.4) is 0 Å². The second-order valence-corrected chi connectivity index (χ2v) is 6.91. The number of hydrogen-bond acceptors (Lipinski definition) is 4. The number of ether oxygens (including phenoxy) is 2. The van der Waals surface area contributed by atoms with E-state index in [-0.39, 0.29) is 4.49 Å². The summed E-state index contributed by atoms with van der Waals surface area (Å²) in [6, 6.07) is 2.05. The van der Waals surface area contributed by atoms with Gasteiger partial charge in [0.15, 0.2) is 6.61 Å². The first kappa shape index (κ1) is 22.7. The van der Waals surface area contributed by atoms with E-state index in [0.29, 0.717) is 19.8 Å². The molecule has 0 atom stereocenters. The van der Waals surface area contributed by atoms with E-state index in [0.717, 1.165) is 47.6 Å². The van der Waals surface area contributed by atoms with Crippen molar-refractivity contribution in [3.05, 3.63) is 33.3 Å². The van der Waals surface area contributed by atoms with Gasteiger partial charge in [-0.3, -0.25) is 0 Å². The third-order valence-corrected chi connectivity index (χ3v) is 4.07. The second-order valence-electron chi connectivity index (χ2n) is 5.91. The van der Waals surface area contributed by atoms with Crippen molar-refractivity contribution in [1.82, 2.24) is 0 Å². The number of hydrogen-bond donors (Lipinski definition) is 0. The fraction of sp³-hybridized carbons (Fsp3) is 0.550. The highest BCUT2D eigenvalue weighted by Gasteiger charge is 2.17. The molecule has 1 aromatic carbocycles. The van der Waals surface area contributed by atoms with Gasteiger partial charge >= 0.3 is 0 Å². The van der Waals surface area contributed by atoms with Gasteiger partial charge in [-0.05, 0) is 50.8 Å². The van der Waals surface area contributed by atoms with E-state index in [9.17, 15) is 0 Å². The van der Waals surface area contributed by atoms with Crippen LogP contribution in [0, 0.1) is 0 Å². The molecule has 146 valence electrons. The molecule has 0 spiro atoms. The SMILES string of the molecule is CCc1cc(OCC=C(Cl)Cl)c(CC)c(CC)c1OCCON=C(C)C. The Kier molecular flexibility index (Phi) is 10.5. The molecule has 0 N–H and O–H groups in total. The fourth-order valence-electron chi connectivity index (χ4n) is 2.67. The predicted octanol–water partition coefficient (Wildman–Crippen LogP) is 5.86. The van der Waals surface area contributed by atoms with E-state index >= 15 is 0 Å². The molecule has 6 heteroatoms. The molecule has 0 saturated heterocycles. The summed E-state index contributed by atoms with van der Waals surface area (Å²) >= 11 is 11.3. The summed E-state index contributed by atoms with van der Waals surface area (Å²) in [6.45, 7) is 11.3. The molecule has 0 aliphatic rings. The Labute approximate surface area is 167 Å². The van der Waals surface area contributed by atoms with Crippen molar-refractivity contribution in [2.45, 2.75) is 53.9 Å². The Morgan fingerprint density at radius 1 is 1.00 bits per heavy atom. The Balaban J connectivity index is 3.05. The van der Waals surface area contributed by atoms with Crippen LogP contribution < -0.4 is 9.47 Å². The highest BCUT2D eigenvalue weighted by Crippen LogP contribution is 2.36. The van der Waals surface area contributed by atoms with E-state index in [1.54, 1.807) is 6.08 Å². The molecule has 26 heavy (non-hydrogen) atoms. The average Bonchev–Trinajstić information content (AvgIpc) is 2.60. The van der Waals surface area contributed by atoms with Crippen molar-refractivity contribution in [2.75, 3.05) is 19.8 Å². The number of halogens is 2. The lowest BCUT2D eigenvalue weighted by Crippen LogP contribution is -2.11. The lowest BCUT2D eigenvalue weighted by molar-refractivity contribution is 0.106. The lowest BCUT2D eigenvalue weighted by atomic mass is 9.96. The average molecular weight is 402 g/mol. The first-order valence-electron chi connectivity index (χ1n) is 9.01. The van der Waals surface area contributed by atoms with Gasteiger partial charge in [0.2, 0.25) is 0 Å². The summed E-state index contributed by atoms with van der Waals surface area (Å²) in [5, 5.41) is 3.93. The summed E-state index contributed by atoms with van der Waals surface area (Å²) < 4.78 is 12.2. The van der Waals surface area contributed by atoms with Gasteiger partial charge in [-0.1, -0.05) is 49.1 Å². The molecule has 4 nitrogen and oxygen atoms in total. The van der Waals surface area contributed by atoms with Gasteiger partial charge in [-0.15, -0.1) is 0 Å². The summed E-state index contributed by atoms with van der Waals surface area (Å²) in [5.74, 6) is 1.80. The molecule has 0 saturated carbocycles. The predicted molar refractivity (Wildman–Crippen MR) is 110 cm³/mol. The Morgan fingerprint density at radius 2 is 1.69 bits per heavy atom. The largest absolute Gasteiger partial charge is 0.489 e. The van der Waals surface area contributed by atoms with E-state index in [1.807, 2.05) is 13.8 Å². The Bertz CT molecular complexity index is 634. The Morgan fingerprint density at radius 3 is 2.23 bits per heavy atom. The van der Waals surface area contributed by atoms with Crippen LogP contribution in [0.5, 0.6) is 11.5 Å². The first-order chi connectivity index (χ1) is 12.4. The number of benzene rings is 1. The molecule has 0 unspecified atom stereocenters. The minimum absolute atomic E-state index is 0.208. The van der Waals surface area contributed by atoms with Crippen molar-refractivity contribution < 1.29 is 14.3 Å². The van der Waals surface area contributed by atoms with Gasteiger partial charge in [0.1, 0.15) is 29.2 Å². The Hall–Kier alpha value is -1.39. The van der Waals surface area contributed by atoms with E-state index in [4.69, 9.17) is 37.5 Å². The van der Waals surface area contributed by atoms with Crippen LogP contribution in [-0.4, -0.2) is 25.5 Å². The fourth-order valence-corrected chi connectivity index (χ4v) is 2.80. The molecule has 0 amide bonds. The van der Waals surface area contributed by atoms with Crippen molar-refractivity contribution in [3.8, 4) is 11.5 Å². The second kappa shape index (κ2) is 12.1.